The van der Waals surface area contributed by atoms with E-state index in [2.05, 4.69) is 0 Å². The van der Waals surface area contributed by atoms with Crippen molar-refractivity contribution in [2.24, 2.45) is 5.92 Å². The van der Waals surface area contributed by atoms with Crippen LogP contribution in [0.2, 0.25) is 0 Å². The van der Waals surface area contributed by atoms with E-state index >= 15 is 0 Å². The van der Waals surface area contributed by atoms with Crippen LogP contribution in [0.15, 0.2) is 0 Å². The maximum Gasteiger partial charge on any atom is 0.107 e. The van der Waals surface area contributed by atoms with Crippen molar-refractivity contribution in [1.29, 1.82) is 0 Å². The van der Waals surface area contributed by atoms with Crippen molar-refractivity contribution in [3.05, 3.63) is 0 Å². The number of rotatable bonds is 1. The molecule has 0 aromatic carbocycles. The summed E-state index contributed by atoms with van der Waals surface area (Å²) in [7, 11) is 0. The van der Waals surface area contributed by atoms with Gasteiger partial charge in [-0.15, -0.1) is 0 Å². The standard InChI is InChI=1S/C7H14O3.2H3P/c1-5-2-3-10-6(4-8)7(5)9;;/h5-9H,2-4H2,1H3;2*1H3/t5-,6-,7?;;/m1../s1. The van der Waals surface area contributed by atoms with Gasteiger partial charge in [-0.2, -0.15) is 19.8 Å². The largest absolute Gasteiger partial charge is 0.394 e. The summed E-state index contributed by atoms with van der Waals surface area (Å²) in [6.45, 7) is 2.55. The molecule has 0 bridgehead atoms. The summed E-state index contributed by atoms with van der Waals surface area (Å²) in [5, 5.41) is 18.0. The van der Waals surface area contributed by atoms with Gasteiger partial charge in [0.25, 0.3) is 0 Å². The van der Waals surface area contributed by atoms with E-state index in [1.165, 1.54) is 0 Å². The third kappa shape index (κ3) is 3.64. The molecule has 0 aliphatic carbocycles. The van der Waals surface area contributed by atoms with Crippen LogP contribution in [0.4, 0.5) is 0 Å². The van der Waals surface area contributed by atoms with Gasteiger partial charge >= 0.3 is 0 Å². The quantitative estimate of drug-likeness (QED) is 0.598. The molecule has 0 aromatic rings. The van der Waals surface area contributed by atoms with Gasteiger partial charge in [-0.1, -0.05) is 6.92 Å². The maximum absolute atomic E-state index is 9.35. The highest BCUT2D eigenvalue weighted by atomic mass is 31.0. The summed E-state index contributed by atoms with van der Waals surface area (Å²) < 4.78 is 5.11. The Morgan fingerprint density at radius 2 is 2.00 bits per heavy atom. The highest BCUT2D eigenvalue weighted by molar-refractivity contribution is 6.92. The number of aliphatic hydroxyl groups excluding tert-OH is 2. The molecule has 5 atom stereocenters. The summed E-state index contributed by atoms with van der Waals surface area (Å²) in [6.07, 6.45) is 0.0417. The Bertz CT molecular complexity index is 113. The molecule has 0 amide bonds. The van der Waals surface area contributed by atoms with Crippen LogP contribution < -0.4 is 0 Å². The summed E-state index contributed by atoms with van der Waals surface area (Å²) in [4.78, 5) is 0. The van der Waals surface area contributed by atoms with Crippen molar-refractivity contribution >= 4 is 19.8 Å². The summed E-state index contributed by atoms with van der Waals surface area (Å²) >= 11 is 0. The Kier molecular flexibility index (Phi) is 9.10. The molecule has 0 saturated carbocycles. The van der Waals surface area contributed by atoms with E-state index in [1.807, 2.05) is 6.92 Å². The molecule has 0 radical (unpaired) electrons. The van der Waals surface area contributed by atoms with Crippen LogP contribution in [0.25, 0.3) is 0 Å². The molecule has 0 aromatic heterocycles. The Balaban J connectivity index is 0. The first-order chi connectivity index (χ1) is 4.75. The minimum atomic E-state index is -0.487. The molecule has 2 N–H and O–H groups in total. The van der Waals surface area contributed by atoms with E-state index < -0.39 is 6.10 Å². The topological polar surface area (TPSA) is 49.7 Å². The molecule has 3 nitrogen and oxygen atoms in total. The molecule has 3 unspecified atom stereocenters. The fraction of sp³-hybridized carbons (Fsp3) is 1.00. The van der Waals surface area contributed by atoms with E-state index in [0.29, 0.717) is 6.61 Å². The number of hydrogen-bond acceptors (Lipinski definition) is 3. The van der Waals surface area contributed by atoms with E-state index in [9.17, 15) is 5.11 Å². The predicted molar refractivity (Wildman–Crippen MR) is 58.8 cm³/mol. The van der Waals surface area contributed by atoms with Crippen molar-refractivity contribution < 1.29 is 14.9 Å². The van der Waals surface area contributed by atoms with Crippen molar-refractivity contribution in [1.82, 2.24) is 0 Å². The van der Waals surface area contributed by atoms with Crippen LogP contribution in [0, 0.1) is 5.92 Å². The summed E-state index contributed by atoms with van der Waals surface area (Å²) in [5.41, 5.74) is 0. The monoisotopic (exact) mass is 214 g/mol. The SMILES string of the molecule is C[C@@H]1CCO[C@H](CO)C1O.P.P. The van der Waals surface area contributed by atoms with Crippen LogP contribution in [0.3, 0.4) is 0 Å². The zero-order chi connectivity index (χ0) is 7.56. The Morgan fingerprint density at radius 3 is 2.42 bits per heavy atom. The van der Waals surface area contributed by atoms with Crippen LogP contribution in [-0.4, -0.2) is 35.6 Å². The number of hydrogen-bond donors (Lipinski definition) is 2. The van der Waals surface area contributed by atoms with Gasteiger partial charge in [0.1, 0.15) is 6.10 Å². The Labute approximate surface area is 80.1 Å². The minimum Gasteiger partial charge on any atom is -0.394 e. The predicted octanol–water partition coefficient (Wildman–Crippen LogP) is -0.119. The lowest BCUT2D eigenvalue weighted by Gasteiger charge is -2.31. The molecule has 76 valence electrons. The highest BCUT2D eigenvalue weighted by Crippen LogP contribution is 2.19. The molecule has 12 heavy (non-hydrogen) atoms. The molecule has 1 heterocycles. The molecule has 1 rings (SSSR count). The van der Waals surface area contributed by atoms with Gasteiger partial charge in [0.05, 0.1) is 12.7 Å². The average molecular weight is 214 g/mol. The fourth-order valence-corrected chi connectivity index (χ4v) is 1.20. The first-order valence-corrected chi connectivity index (χ1v) is 3.66. The molecule has 5 heteroatoms. The van der Waals surface area contributed by atoms with Gasteiger partial charge in [0.2, 0.25) is 0 Å². The molecule has 1 fully saturated rings. The van der Waals surface area contributed by atoms with E-state index in [4.69, 9.17) is 9.84 Å². The smallest absolute Gasteiger partial charge is 0.107 e. The fourth-order valence-electron chi connectivity index (χ4n) is 1.20. The third-order valence-electron chi connectivity index (χ3n) is 2.05. The lowest BCUT2D eigenvalue weighted by Crippen LogP contribution is -2.41. The molecular weight excluding hydrogens is 194 g/mol. The zero-order valence-corrected chi connectivity index (χ0v) is 10.4. The maximum atomic E-state index is 9.35. The minimum absolute atomic E-state index is 0. The molecule has 1 saturated heterocycles. The first-order valence-electron chi connectivity index (χ1n) is 3.66. The Morgan fingerprint density at radius 1 is 1.42 bits per heavy atom. The summed E-state index contributed by atoms with van der Waals surface area (Å²) in [6, 6.07) is 0. The van der Waals surface area contributed by atoms with Crippen molar-refractivity contribution in [2.45, 2.75) is 25.6 Å². The van der Waals surface area contributed by atoms with Gasteiger partial charge < -0.3 is 14.9 Å². The van der Waals surface area contributed by atoms with Gasteiger partial charge in [0.15, 0.2) is 0 Å². The second-order valence-electron chi connectivity index (χ2n) is 2.85. The van der Waals surface area contributed by atoms with Crippen LogP contribution >= 0.6 is 19.8 Å². The van der Waals surface area contributed by atoms with E-state index in [-0.39, 0.29) is 38.4 Å². The van der Waals surface area contributed by atoms with E-state index in [1.54, 1.807) is 0 Å². The van der Waals surface area contributed by atoms with Gasteiger partial charge in [-0.05, 0) is 12.3 Å². The van der Waals surface area contributed by atoms with Crippen molar-refractivity contribution in [3.8, 4) is 0 Å². The zero-order valence-electron chi connectivity index (χ0n) is 7.57. The molecule has 1 aliphatic rings. The lowest BCUT2D eigenvalue weighted by atomic mass is 9.95. The number of aliphatic hydroxyl groups is 2. The summed E-state index contributed by atoms with van der Waals surface area (Å²) in [5.74, 6) is 0.255. The van der Waals surface area contributed by atoms with Crippen molar-refractivity contribution in [2.75, 3.05) is 13.2 Å². The second-order valence-corrected chi connectivity index (χ2v) is 2.85. The van der Waals surface area contributed by atoms with Crippen LogP contribution in [-0.2, 0) is 4.74 Å². The van der Waals surface area contributed by atoms with Gasteiger partial charge in [-0.3, -0.25) is 0 Å². The second kappa shape index (κ2) is 7.17. The molecule has 1 aliphatic heterocycles. The van der Waals surface area contributed by atoms with Crippen LogP contribution in [0.5, 0.6) is 0 Å². The third-order valence-corrected chi connectivity index (χ3v) is 2.05. The Hall–Kier alpha value is 0.740. The normalized spacial score (nSPS) is 34.8. The first kappa shape index (κ1) is 15.2. The number of ether oxygens (including phenoxy) is 1. The molecular formula is C7H20O3P2. The van der Waals surface area contributed by atoms with Gasteiger partial charge in [0, 0.05) is 6.61 Å². The lowest BCUT2D eigenvalue weighted by molar-refractivity contribution is -0.118. The van der Waals surface area contributed by atoms with E-state index in [0.717, 1.165) is 6.42 Å². The van der Waals surface area contributed by atoms with Crippen LogP contribution in [0.1, 0.15) is 13.3 Å². The van der Waals surface area contributed by atoms with Gasteiger partial charge in [-0.25, -0.2) is 0 Å². The highest BCUT2D eigenvalue weighted by Gasteiger charge is 2.28. The molecule has 0 spiro atoms. The average Bonchev–Trinajstić information content (AvgIpc) is 1.95. The van der Waals surface area contributed by atoms with Crippen molar-refractivity contribution in [3.63, 3.8) is 0 Å².